The fraction of sp³-hybridized carbons (Fsp3) is 0.316. The summed E-state index contributed by atoms with van der Waals surface area (Å²) in [5, 5.41) is -0.0721. The van der Waals surface area contributed by atoms with Crippen molar-refractivity contribution in [3.05, 3.63) is 65.1 Å². The highest BCUT2D eigenvalue weighted by Gasteiger charge is 2.39. The number of fused-ring (bicyclic) bond motifs is 1. The number of para-hydroxylation sites is 1. The van der Waals surface area contributed by atoms with Gasteiger partial charge in [-0.2, -0.15) is 0 Å². The van der Waals surface area contributed by atoms with Gasteiger partial charge >= 0.3 is 0 Å². The Balaban J connectivity index is 1.34. The Kier molecular flexibility index (Phi) is 4.76. The maximum Gasteiger partial charge on any atom is 0.261 e. The molecule has 0 bridgehead atoms. The first kappa shape index (κ1) is 18.4. The van der Waals surface area contributed by atoms with Crippen LogP contribution in [0.2, 0.25) is 0 Å². The summed E-state index contributed by atoms with van der Waals surface area (Å²) >= 11 is 0. The number of rotatable bonds is 6. The highest BCUT2D eigenvalue weighted by molar-refractivity contribution is 7.91. The van der Waals surface area contributed by atoms with Gasteiger partial charge in [0.2, 0.25) is 5.91 Å². The minimum atomic E-state index is -3.36. The Hall–Kier alpha value is -2.94. The normalized spacial score (nSPS) is 14.9. The molecule has 1 saturated heterocycles. The Morgan fingerprint density at radius 1 is 1.18 bits per heavy atom. The monoisotopic (exact) mass is 401 g/mol. The van der Waals surface area contributed by atoms with E-state index in [9.17, 15) is 18.0 Å². The molecule has 8 nitrogen and oxygen atoms in total. The number of carbonyl (C=O) groups is 1. The van der Waals surface area contributed by atoms with Crippen LogP contribution in [-0.2, 0) is 26.9 Å². The second kappa shape index (κ2) is 7.23. The van der Waals surface area contributed by atoms with Crippen molar-refractivity contribution in [3.63, 3.8) is 0 Å². The van der Waals surface area contributed by atoms with E-state index in [0.29, 0.717) is 16.7 Å². The minimum Gasteiger partial charge on any atom is -0.468 e. The largest absolute Gasteiger partial charge is 0.468 e. The average Bonchev–Trinajstić information content (AvgIpc) is 3.12. The lowest BCUT2D eigenvalue weighted by molar-refractivity contribution is -0.134. The molecule has 3 aromatic rings. The van der Waals surface area contributed by atoms with Gasteiger partial charge in [-0.05, 0) is 24.3 Å². The number of carbonyl (C=O) groups excluding carboxylic acids is 1. The van der Waals surface area contributed by atoms with Crippen LogP contribution in [0.1, 0.15) is 12.2 Å². The van der Waals surface area contributed by atoms with Gasteiger partial charge in [-0.15, -0.1) is 0 Å². The summed E-state index contributed by atoms with van der Waals surface area (Å²) in [6.45, 7) is 0.551. The van der Waals surface area contributed by atoms with E-state index in [1.165, 1.54) is 22.1 Å². The first-order valence-electron chi connectivity index (χ1n) is 8.90. The Morgan fingerprint density at radius 3 is 2.71 bits per heavy atom. The molecule has 1 aliphatic rings. The lowest BCUT2D eigenvalue weighted by atomic mass is 10.2. The van der Waals surface area contributed by atoms with E-state index >= 15 is 0 Å². The van der Waals surface area contributed by atoms with E-state index in [-0.39, 0.29) is 43.3 Å². The van der Waals surface area contributed by atoms with Gasteiger partial charge in [0, 0.05) is 26.1 Å². The molecule has 146 valence electrons. The third kappa shape index (κ3) is 3.57. The van der Waals surface area contributed by atoms with Gasteiger partial charge in [-0.25, -0.2) is 13.4 Å². The second-order valence-electron chi connectivity index (χ2n) is 6.82. The fourth-order valence-corrected chi connectivity index (χ4v) is 4.83. The van der Waals surface area contributed by atoms with Gasteiger partial charge < -0.3 is 9.32 Å². The van der Waals surface area contributed by atoms with Crippen molar-refractivity contribution in [2.45, 2.75) is 24.0 Å². The molecule has 1 aliphatic heterocycles. The van der Waals surface area contributed by atoms with Crippen LogP contribution in [0.3, 0.4) is 0 Å². The van der Waals surface area contributed by atoms with E-state index in [1.54, 1.807) is 30.3 Å². The van der Waals surface area contributed by atoms with Crippen molar-refractivity contribution >= 4 is 26.6 Å². The molecule has 0 saturated carbocycles. The first-order chi connectivity index (χ1) is 13.4. The lowest BCUT2D eigenvalue weighted by Gasteiger charge is -2.38. The smallest absolute Gasteiger partial charge is 0.261 e. The summed E-state index contributed by atoms with van der Waals surface area (Å²) in [6, 6.07) is 10.3. The maximum atomic E-state index is 12.4. The van der Waals surface area contributed by atoms with Gasteiger partial charge in [0.1, 0.15) is 11.5 Å². The van der Waals surface area contributed by atoms with Crippen molar-refractivity contribution in [1.82, 2.24) is 14.5 Å². The molecule has 0 radical (unpaired) electrons. The van der Waals surface area contributed by atoms with Crippen LogP contribution in [0.25, 0.3) is 10.9 Å². The molecule has 28 heavy (non-hydrogen) atoms. The second-order valence-corrected chi connectivity index (χ2v) is 9.10. The van der Waals surface area contributed by atoms with Crippen molar-refractivity contribution < 1.29 is 17.6 Å². The zero-order valence-electron chi connectivity index (χ0n) is 15.0. The standard InChI is InChI=1S/C19H19N3O5S/c23-18(7-8-21-13-20-17-6-2-1-5-16(17)19(21)24)22-10-15(11-22)28(25,26)12-14-4-3-9-27-14/h1-6,9,13,15H,7-8,10-12H2. The Labute approximate surface area is 161 Å². The molecule has 0 unspecified atom stereocenters. The number of hydrogen-bond donors (Lipinski definition) is 0. The van der Waals surface area contributed by atoms with E-state index in [2.05, 4.69) is 4.98 Å². The molecule has 4 rings (SSSR count). The summed E-state index contributed by atoms with van der Waals surface area (Å²) in [5.41, 5.74) is 0.420. The van der Waals surface area contributed by atoms with E-state index in [0.717, 1.165) is 0 Å². The van der Waals surface area contributed by atoms with Crippen LogP contribution < -0.4 is 5.56 Å². The molecule has 3 heterocycles. The maximum absolute atomic E-state index is 12.4. The van der Waals surface area contributed by atoms with Crippen molar-refractivity contribution in [3.8, 4) is 0 Å². The SMILES string of the molecule is O=C(CCn1cnc2ccccc2c1=O)N1CC(S(=O)(=O)Cc2ccco2)C1. The van der Waals surface area contributed by atoms with Gasteiger partial charge in [-0.1, -0.05) is 12.1 Å². The van der Waals surface area contributed by atoms with E-state index in [4.69, 9.17) is 4.42 Å². The molecule has 0 atom stereocenters. The summed E-state index contributed by atoms with van der Waals surface area (Å²) in [5.74, 6) is 0.0580. The zero-order valence-corrected chi connectivity index (χ0v) is 15.8. The van der Waals surface area contributed by atoms with Gasteiger partial charge in [0.15, 0.2) is 9.84 Å². The third-order valence-electron chi connectivity index (χ3n) is 4.93. The summed E-state index contributed by atoms with van der Waals surface area (Å²) < 4.78 is 31.2. The molecule has 0 aliphatic carbocycles. The average molecular weight is 401 g/mol. The van der Waals surface area contributed by atoms with Crippen LogP contribution >= 0.6 is 0 Å². The minimum absolute atomic E-state index is 0.116. The fourth-order valence-electron chi connectivity index (χ4n) is 3.22. The predicted octanol–water partition coefficient (Wildman–Crippen LogP) is 1.21. The number of nitrogens with zero attached hydrogens (tertiary/aromatic N) is 3. The highest BCUT2D eigenvalue weighted by Crippen LogP contribution is 2.21. The van der Waals surface area contributed by atoms with Crippen LogP contribution in [0, 0.1) is 0 Å². The number of hydrogen-bond acceptors (Lipinski definition) is 6. The topological polar surface area (TPSA) is 102 Å². The lowest BCUT2D eigenvalue weighted by Crippen LogP contribution is -2.57. The van der Waals surface area contributed by atoms with E-state index < -0.39 is 15.1 Å². The highest BCUT2D eigenvalue weighted by atomic mass is 32.2. The number of aryl methyl sites for hydroxylation is 1. The molecule has 1 fully saturated rings. The summed E-state index contributed by atoms with van der Waals surface area (Å²) in [7, 11) is -3.36. The van der Waals surface area contributed by atoms with Crippen LogP contribution in [0.4, 0.5) is 0 Å². The van der Waals surface area contributed by atoms with Crippen LogP contribution in [0.5, 0.6) is 0 Å². The summed E-state index contributed by atoms with van der Waals surface area (Å²) in [6.07, 6.45) is 2.99. The zero-order chi connectivity index (χ0) is 19.7. The molecule has 9 heteroatoms. The summed E-state index contributed by atoms with van der Waals surface area (Å²) in [4.78, 5) is 30.5. The molecular formula is C19H19N3O5S. The molecule has 0 spiro atoms. The number of sulfone groups is 1. The molecule has 1 aromatic carbocycles. The van der Waals surface area contributed by atoms with Crippen LogP contribution in [0.15, 0.2) is 58.2 Å². The first-order valence-corrected chi connectivity index (χ1v) is 10.6. The number of likely N-dealkylation sites (tertiary alicyclic amines) is 1. The Morgan fingerprint density at radius 2 is 1.96 bits per heavy atom. The van der Waals surface area contributed by atoms with Crippen LogP contribution in [-0.4, -0.2) is 47.1 Å². The van der Waals surface area contributed by atoms with Gasteiger partial charge in [0.25, 0.3) is 5.56 Å². The van der Waals surface area contributed by atoms with Crippen molar-refractivity contribution in [1.29, 1.82) is 0 Å². The molecule has 1 amide bonds. The van der Waals surface area contributed by atoms with Crippen molar-refractivity contribution in [2.75, 3.05) is 13.1 Å². The Bertz CT molecular complexity index is 1160. The number of benzene rings is 1. The predicted molar refractivity (Wildman–Crippen MR) is 102 cm³/mol. The third-order valence-corrected chi connectivity index (χ3v) is 6.93. The van der Waals surface area contributed by atoms with Gasteiger partial charge in [-0.3, -0.25) is 14.2 Å². The number of amides is 1. The van der Waals surface area contributed by atoms with E-state index in [1.807, 2.05) is 6.07 Å². The molecule has 0 N–H and O–H groups in total. The molecule has 2 aromatic heterocycles. The quantitative estimate of drug-likeness (QED) is 0.615. The van der Waals surface area contributed by atoms with Gasteiger partial charge in [0.05, 0.1) is 28.7 Å². The number of furan rings is 1. The van der Waals surface area contributed by atoms with Crippen molar-refractivity contribution in [2.24, 2.45) is 0 Å². The number of aromatic nitrogens is 2. The molecular weight excluding hydrogens is 382 g/mol.